The molecule has 0 aromatic carbocycles. The van der Waals surface area contributed by atoms with E-state index in [2.05, 4.69) is 17.1 Å². The van der Waals surface area contributed by atoms with E-state index in [1.165, 1.54) is 0 Å². The molecule has 0 aliphatic rings. The second kappa shape index (κ2) is 5.56. The zero-order valence-electron chi connectivity index (χ0n) is 6.04. The lowest BCUT2D eigenvalue weighted by molar-refractivity contribution is -0.133. The summed E-state index contributed by atoms with van der Waals surface area (Å²) in [5, 5.41) is 0. The molecule has 0 heterocycles. The minimum atomic E-state index is -0.357. The predicted molar refractivity (Wildman–Crippen MR) is 42.6 cm³/mol. The Bertz CT molecular complexity index is 108. The Kier molecular flexibility index (Phi) is 5.43. The van der Waals surface area contributed by atoms with Gasteiger partial charge in [0.25, 0.3) is 0 Å². The van der Waals surface area contributed by atoms with Gasteiger partial charge in [0.05, 0.1) is 6.42 Å². The maximum atomic E-state index is 10.5. The second-order valence-electron chi connectivity index (χ2n) is 2.22. The van der Waals surface area contributed by atoms with Crippen molar-refractivity contribution in [3.8, 4) is 0 Å². The lowest BCUT2D eigenvalue weighted by atomic mass is 10.1. The predicted octanol–water partition coefficient (Wildman–Crippen LogP) is 0.892. The van der Waals surface area contributed by atoms with Crippen LogP contribution in [0.2, 0.25) is 0 Å². The van der Waals surface area contributed by atoms with Gasteiger partial charge in [0.15, 0.2) is 0 Å². The van der Waals surface area contributed by atoms with Gasteiger partial charge in [-0.3, -0.25) is 4.79 Å². The first-order valence-electron chi connectivity index (χ1n) is 3.30. The summed E-state index contributed by atoms with van der Waals surface area (Å²) in [6.07, 6.45) is 2.10. The summed E-state index contributed by atoms with van der Waals surface area (Å²) >= 11 is 3.35. The Hall–Kier alpha value is -0.220. The molecule has 0 aromatic heterocycles. The van der Waals surface area contributed by atoms with E-state index >= 15 is 0 Å². The fraction of sp³-hybridized carbons (Fsp3) is 0.833. The van der Waals surface area contributed by atoms with Crippen molar-refractivity contribution in [3.05, 3.63) is 0 Å². The van der Waals surface area contributed by atoms with E-state index in [1.54, 1.807) is 0 Å². The number of nitrogens with two attached hydrogens (primary N) is 1. The number of hydrogen-bond donors (Lipinski definition) is 2. The minimum Gasteiger partial charge on any atom is -0.395 e. The highest BCUT2D eigenvalue weighted by molar-refractivity contribution is 7.75. The lowest BCUT2D eigenvalue weighted by Gasteiger charge is -2.06. The largest absolute Gasteiger partial charge is 0.395 e. The topological polar surface area (TPSA) is 52.3 Å². The fourth-order valence-electron chi connectivity index (χ4n) is 0.724. The summed E-state index contributed by atoms with van der Waals surface area (Å²) in [7, 11) is 0. The van der Waals surface area contributed by atoms with Crippen molar-refractivity contribution in [1.82, 2.24) is 0 Å². The highest BCUT2D eigenvalue weighted by Crippen LogP contribution is 2.00. The van der Waals surface area contributed by atoms with E-state index < -0.39 is 0 Å². The van der Waals surface area contributed by atoms with Crippen LogP contribution in [-0.2, 0) is 8.98 Å². The minimum absolute atomic E-state index is 0.0790. The first-order chi connectivity index (χ1) is 4.70. The molecule has 0 amide bonds. The summed E-state index contributed by atoms with van der Waals surface area (Å²) in [5.41, 5.74) is 5.53. The maximum absolute atomic E-state index is 10.5. The molecule has 0 radical (unpaired) electrons. The summed E-state index contributed by atoms with van der Waals surface area (Å²) in [4.78, 5) is 10.5. The Balaban J connectivity index is 3.37. The molecule has 0 unspecified atom stereocenters. The van der Waals surface area contributed by atoms with Crippen LogP contribution in [0.25, 0.3) is 0 Å². The number of thiol groups is 1. The Morgan fingerprint density at radius 2 is 2.40 bits per heavy atom. The highest BCUT2D eigenvalue weighted by Gasteiger charge is 2.07. The number of hydrogen-bond acceptors (Lipinski definition) is 4. The first-order valence-corrected chi connectivity index (χ1v) is 3.67. The quantitative estimate of drug-likeness (QED) is 0.478. The van der Waals surface area contributed by atoms with E-state index in [0.717, 1.165) is 12.8 Å². The molecule has 0 spiro atoms. The van der Waals surface area contributed by atoms with Crippen molar-refractivity contribution >= 4 is 18.9 Å². The lowest BCUT2D eigenvalue weighted by Crippen LogP contribution is -2.23. The molecule has 0 saturated heterocycles. The smallest absolute Gasteiger partial charge is 0.319 e. The number of rotatable bonds is 4. The van der Waals surface area contributed by atoms with Crippen LogP contribution in [0.3, 0.4) is 0 Å². The molecular weight excluding hydrogens is 150 g/mol. The molecule has 0 bridgehead atoms. The molecule has 4 heteroatoms. The molecule has 2 N–H and O–H groups in total. The van der Waals surface area contributed by atoms with E-state index in [1.807, 2.05) is 6.92 Å². The van der Waals surface area contributed by atoms with Gasteiger partial charge in [-0.15, -0.1) is 0 Å². The molecule has 10 heavy (non-hydrogen) atoms. The molecule has 0 aliphatic carbocycles. The van der Waals surface area contributed by atoms with Gasteiger partial charge in [0, 0.05) is 19.0 Å². The Labute approximate surface area is 66.5 Å². The van der Waals surface area contributed by atoms with Gasteiger partial charge < -0.3 is 9.92 Å². The third-order valence-electron chi connectivity index (χ3n) is 1.19. The van der Waals surface area contributed by atoms with Crippen LogP contribution in [0.5, 0.6) is 0 Å². The van der Waals surface area contributed by atoms with Crippen molar-refractivity contribution in [1.29, 1.82) is 0 Å². The molecule has 0 aliphatic heterocycles. The summed E-state index contributed by atoms with van der Waals surface area (Å²) in [5.74, 6) is -0.357. The van der Waals surface area contributed by atoms with Crippen molar-refractivity contribution < 1.29 is 8.98 Å². The zero-order valence-corrected chi connectivity index (χ0v) is 6.93. The van der Waals surface area contributed by atoms with Crippen LogP contribution in [0, 0.1) is 0 Å². The Morgan fingerprint density at radius 1 is 1.80 bits per heavy atom. The number of carbonyl (C=O) groups excluding carboxylic acids is 1. The van der Waals surface area contributed by atoms with Crippen molar-refractivity contribution in [2.75, 3.05) is 0 Å². The van der Waals surface area contributed by atoms with E-state index in [4.69, 9.17) is 5.73 Å². The van der Waals surface area contributed by atoms with Crippen LogP contribution in [0.15, 0.2) is 0 Å². The molecule has 0 fully saturated rings. The molecule has 0 saturated carbocycles. The third kappa shape index (κ3) is 4.64. The highest BCUT2D eigenvalue weighted by atomic mass is 32.1. The van der Waals surface area contributed by atoms with E-state index in [-0.39, 0.29) is 18.4 Å². The fourth-order valence-corrected chi connectivity index (χ4v) is 0.799. The van der Waals surface area contributed by atoms with Gasteiger partial charge in [0.1, 0.15) is 0 Å². The van der Waals surface area contributed by atoms with Crippen LogP contribution in [-0.4, -0.2) is 12.0 Å². The van der Waals surface area contributed by atoms with Crippen LogP contribution < -0.4 is 5.73 Å². The molecule has 3 nitrogen and oxygen atoms in total. The van der Waals surface area contributed by atoms with Gasteiger partial charge in [-0.1, -0.05) is 13.3 Å². The van der Waals surface area contributed by atoms with Gasteiger partial charge >= 0.3 is 5.97 Å². The monoisotopic (exact) mass is 163 g/mol. The van der Waals surface area contributed by atoms with Crippen molar-refractivity contribution in [2.45, 2.75) is 32.2 Å². The summed E-state index contributed by atoms with van der Waals surface area (Å²) in [6.45, 7) is 2.02. The molecular formula is C6H13NO2S. The SMILES string of the molecule is CCC[C@H](N)CC(=O)OS. The van der Waals surface area contributed by atoms with Gasteiger partial charge in [0.2, 0.25) is 0 Å². The van der Waals surface area contributed by atoms with Gasteiger partial charge in [-0.25, -0.2) is 0 Å². The molecule has 1 atom stereocenters. The third-order valence-corrected chi connectivity index (χ3v) is 1.39. The normalized spacial score (nSPS) is 12.7. The molecule has 60 valence electrons. The van der Waals surface area contributed by atoms with Crippen LogP contribution in [0.1, 0.15) is 26.2 Å². The van der Waals surface area contributed by atoms with Crippen molar-refractivity contribution in [3.63, 3.8) is 0 Å². The summed E-state index contributed by atoms with van der Waals surface area (Å²) in [6, 6.07) is -0.0790. The summed E-state index contributed by atoms with van der Waals surface area (Å²) < 4.78 is 4.14. The van der Waals surface area contributed by atoms with Gasteiger partial charge in [-0.05, 0) is 6.42 Å². The average Bonchev–Trinajstić information content (AvgIpc) is 1.88. The second-order valence-corrected chi connectivity index (χ2v) is 2.40. The van der Waals surface area contributed by atoms with E-state index in [9.17, 15) is 4.79 Å². The van der Waals surface area contributed by atoms with Crippen molar-refractivity contribution in [2.24, 2.45) is 5.73 Å². The van der Waals surface area contributed by atoms with Crippen LogP contribution >= 0.6 is 12.9 Å². The number of carbonyl (C=O) groups is 1. The van der Waals surface area contributed by atoms with Crippen LogP contribution in [0.4, 0.5) is 0 Å². The zero-order chi connectivity index (χ0) is 7.98. The van der Waals surface area contributed by atoms with E-state index in [0.29, 0.717) is 0 Å². The van der Waals surface area contributed by atoms with Gasteiger partial charge in [-0.2, -0.15) is 0 Å². The molecule has 0 aromatic rings. The standard InChI is InChI=1S/C6H13NO2S/c1-2-3-5(7)4-6(8)9-10/h5,10H,2-4,7H2,1H3/t5-/m0/s1. The first kappa shape index (κ1) is 9.78. The maximum Gasteiger partial charge on any atom is 0.319 e. The molecule has 0 rings (SSSR count). The average molecular weight is 163 g/mol. The Morgan fingerprint density at radius 3 is 2.80 bits per heavy atom.